The molecule has 2 rings (SSSR count). The Morgan fingerprint density at radius 2 is 1.89 bits per heavy atom. The highest BCUT2D eigenvalue weighted by Crippen LogP contribution is 2.29. The molecular formula is C11H19BrN4O2S. The van der Waals surface area contributed by atoms with E-state index < -0.39 is 10.0 Å². The number of rotatable bonds is 3. The van der Waals surface area contributed by atoms with Gasteiger partial charge in [0.2, 0.25) is 5.03 Å². The normalized spacial score (nSPS) is 19.2. The van der Waals surface area contributed by atoms with Gasteiger partial charge in [0.15, 0.2) is 4.60 Å². The van der Waals surface area contributed by atoms with Crippen LogP contribution in [0.4, 0.5) is 0 Å². The molecule has 1 aromatic rings. The van der Waals surface area contributed by atoms with Gasteiger partial charge in [-0.1, -0.05) is 19.1 Å². The molecule has 0 atom stereocenters. The van der Waals surface area contributed by atoms with Crippen LogP contribution < -0.4 is 0 Å². The standard InChI is InChI=1S/C11H19BrN4O2S/c1-8(2)9-4-6-16(7-5-9)19(17,18)11-10(12)13-14-15(11)3/h8-9H,4-7H2,1-3H3. The molecule has 1 aliphatic heterocycles. The third-order valence-electron chi connectivity index (χ3n) is 3.76. The van der Waals surface area contributed by atoms with Gasteiger partial charge in [0.25, 0.3) is 10.0 Å². The van der Waals surface area contributed by atoms with Crippen molar-refractivity contribution < 1.29 is 8.42 Å². The third kappa shape index (κ3) is 2.85. The Balaban J connectivity index is 2.19. The molecule has 6 nitrogen and oxygen atoms in total. The molecule has 0 amide bonds. The molecule has 0 spiro atoms. The summed E-state index contributed by atoms with van der Waals surface area (Å²) >= 11 is 3.15. The number of halogens is 1. The summed E-state index contributed by atoms with van der Waals surface area (Å²) in [5, 5.41) is 7.61. The van der Waals surface area contributed by atoms with Crippen LogP contribution in [0.2, 0.25) is 0 Å². The van der Waals surface area contributed by atoms with Crippen molar-refractivity contribution in [2.45, 2.75) is 31.7 Å². The minimum Gasteiger partial charge on any atom is -0.235 e. The Kier molecular flexibility index (Phi) is 4.32. The number of nitrogens with zero attached hydrogens (tertiary/aromatic N) is 4. The van der Waals surface area contributed by atoms with E-state index in [-0.39, 0.29) is 9.63 Å². The molecule has 1 fully saturated rings. The number of hydrogen-bond donors (Lipinski definition) is 0. The monoisotopic (exact) mass is 350 g/mol. The first kappa shape index (κ1) is 14.9. The van der Waals surface area contributed by atoms with Crippen LogP contribution in [0, 0.1) is 11.8 Å². The molecule has 0 aliphatic carbocycles. The van der Waals surface area contributed by atoms with Crippen molar-refractivity contribution in [3.05, 3.63) is 4.60 Å². The lowest BCUT2D eigenvalue weighted by Crippen LogP contribution is -2.40. The largest absolute Gasteiger partial charge is 0.263 e. The zero-order valence-corrected chi connectivity index (χ0v) is 13.8. The maximum absolute atomic E-state index is 12.6. The fourth-order valence-electron chi connectivity index (χ4n) is 2.50. The van der Waals surface area contributed by atoms with Gasteiger partial charge in [0.05, 0.1) is 0 Å². The number of sulfonamides is 1. The minimum absolute atomic E-state index is 0.135. The second-order valence-electron chi connectivity index (χ2n) is 5.29. The third-order valence-corrected chi connectivity index (χ3v) is 6.55. The first-order chi connectivity index (χ1) is 8.84. The molecule has 19 heavy (non-hydrogen) atoms. The molecule has 108 valence electrons. The van der Waals surface area contributed by atoms with Crippen molar-refractivity contribution in [3.63, 3.8) is 0 Å². The van der Waals surface area contributed by atoms with E-state index in [1.165, 1.54) is 8.99 Å². The average molecular weight is 351 g/mol. The molecule has 1 aliphatic rings. The lowest BCUT2D eigenvalue weighted by atomic mass is 9.87. The van der Waals surface area contributed by atoms with Gasteiger partial charge < -0.3 is 0 Å². The summed E-state index contributed by atoms with van der Waals surface area (Å²) in [7, 11) is -1.92. The van der Waals surface area contributed by atoms with Crippen LogP contribution in [0.25, 0.3) is 0 Å². The van der Waals surface area contributed by atoms with E-state index in [1.807, 2.05) is 0 Å². The number of hydrogen-bond acceptors (Lipinski definition) is 4. The zero-order chi connectivity index (χ0) is 14.2. The summed E-state index contributed by atoms with van der Waals surface area (Å²) in [6.07, 6.45) is 1.83. The highest BCUT2D eigenvalue weighted by Gasteiger charge is 2.34. The summed E-state index contributed by atoms with van der Waals surface area (Å²) in [4.78, 5) is 0. The van der Waals surface area contributed by atoms with E-state index in [0.29, 0.717) is 24.9 Å². The van der Waals surface area contributed by atoms with Gasteiger partial charge in [-0.2, -0.15) is 4.31 Å². The van der Waals surface area contributed by atoms with Gasteiger partial charge in [-0.3, -0.25) is 0 Å². The molecule has 0 aromatic carbocycles. The lowest BCUT2D eigenvalue weighted by molar-refractivity contribution is 0.226. The predicted molar refractivity (Wildman–Crippen MR) is 75.0 cm³/mol. The Hall–Kier alpha value is -0.470. The highest BCUT2D eigenvalue weighted by atomic mass is 79.9. The molecule has 0 N–H and O–H groups in total. The second-order valence-corrected chi connectivity index (χ2v) is 7.90. The Morgan fingerprint density at radius 3 is 2.32 bits per heavy atom. The molecule has 0 saturated carbocycles. The smallest absolute Gasteiger partial charge is 0.235 e. The van der Waals surface area contributed by atoms with Crippen molar-refractivity contribution >= 4 is 26.0 Å². The van der Waals surface area contributed by atoms with Crippen LogP contribution in [0.1, 0.15) is 26.7 Å². The van der Waals surface area contributed by atoms with Crippen molar-refractivity contribution in [1.29, 1.82) is 0 Å². The van der Waals surface area contributed by atoms with Crippen LogP contribution in [-0.4, -0.2) is 40.8 Å². The highest BCUT2D eigenvalue weighted by molar-refractivity contribution is 9.10. The molecular weight excluding hydrogens is 332 g/mol. The predicted octanol–water partition coefficient (Wildman–Crippen LogP) is 1.63. The molecule has 1 aromatic heterocycles. The topological polar surface area (TPSA) is 68.1 Å². The summed E-state index contributed by atoms with van der Waals surface area (Å²) < 4.78 is 28.2. The van der Waals surface area contributed by atoms with E-state index in [1.54, 1.807) is 7.05 Å². The number of aromatic nitrogens is 3. The van der Waals surface area contributed by atoms with Crippen molar-refractivity contribution in [1.82, 2.24) is 19.3 Å². The molecule has 0 radical (unpaired) electrons. The van der Waals surface area contributed by atoms with Gasteiger partial charge in [0, 0.05) is 20.1 Å². The van der Waals surface area contributed by atoms with E-state index in [2.05, 4.69) is 40.1 Å². The molecule has 0 unspecified atom stereocenters. The molecule has 1 saturated heterocycles. The Labute approximate surface area is 122 Å². The van der Waals surface area contributed by atoms with E-state index >= 15 is 0 Å². The summed E-state index contributed by atoms with van der Waals surface area (Å²) in [6, 6.07) is 0. The van der Waals surface area contributed by atoms with Gasteiger partial charge in [-0.25, -0.2) is 13.1 Å². The minimum atomic E-state index is -3.50. The maximum Gasteiger partial charge on any atom is 0.263 e. The van der Waals surface area contributed by atoms with Gasteiger partial charge in [0.1, 0.15) is 0 Å². The maximum atomic E-state index is 12.6. The van der Waals surface area contributed by atoms with Crippen molar-refractivity contribution in [2.75, 3.05) is 13.1 Å². The summed E-state index contributed by atoms with van der Waals surface area (Å²) in [5.74, 6) is 1.22. The Bertz CT molecular complexity index is 528. The van der Waals surface area contributed by atoms with Crippen LogP contribution in [-0.2, 0) is 17.1 Å². The summed E-state index contributed by atoms with van der Waals surface area (Å²) in [6.45, 7) is 5.53. The lowest BCUT2D eigenvalue weighted by Gasteiger charge is -2.32. The van der Waals surface area contributed by atoms with Crippen molar-refractivity contribution in [3.8, 4) is 0 Å². The first-order valence-corrected chi connectivity index (χ1v) is 8.62. The average Bonchev–Trinajstić information content (AvgIpc) is 2.69. The second kappa shape index (κ2) is 5.49. The number of aryl methyl sites for hydroxylation is 1. The fraction of sp³-hybridized carbons (Fsp3) is 0.818. The summed E-state index contributed by atoms with van der Waals surface area (Å²) in [5.41, 5.74) is 0. The molecule has 8 heteroatoms. The van der Waals surface area contributed by atoms with Crippen LogP contribution in [0.3, 0.4) is 0 Å². The van der Waals surface area contributed by atoms with E-state index in [9.17, 15) is 8.42 Å². The van der Waals surface area contributed by atoms with E-state index in [0.717, 1.165) is 12.8 Å². The SMILES string of the molecule is CC(C)C1CCN(S(=O)(=O)c2c(Br)nnn2C)CC1. The number of piperidine rings is 1. The molecule has 0 bridgehead atoms. The van der Waals surface area contributed by atoms with Gasteiger partial charge in [-0.15, -0.1) is 5.10 Å². The zero-order valence-electron chi connectivity index (χ0n) is 11.4. The van der Waals surface area contributed by atoms with Gasteiger partial charge in [-0.05, 0) is 40.6 Å². The van der Waals surface area contributed by atoms with E-state index in [4.69, 9.17) is 0 Å². The first-order valence-electron chi connectivity index (χ1n) is 6.39. The van der Waals surface area contributed by atoms with Crippen LogP contribution in [0.5, 0.6) is 0 Å². The Morgan fingerprint density at radius 1 is 1.32 bits per heavy atom. The molecule has 2 heterocycles. The van der Waals surface area contributed by atoms with Crippen LogP contribution in [0.15, 0.2) is 9.63 Å². The van der Waals surface area contributed by atoms with Gasteiger partial charge >= 0.3 is 0 Å². The fourth-order valence-corrected chi connectivity index (χ4v) is 5.00. The van der Waals surface area contributed by atoms with Crippen LogP contribution >= 0.6 is 15.9 Å². The quantitative estimate of drug-likeness (QED) is 0.830. The van der Waals surface area contributed by atoms with Crippen molar-refractivity contribution in [2.24, 2.45) is 18.9 Å².